The van der Waals surface area contributed by atoms with Crippen molar-refractivity contribution in [3.05, 3.63) is 42.0 Å². The lowest BCUT2D eigenvalue weighted by molar-refractivity contribution is -0.122. The number of rotatable bonds is 6. The second kappa shape index (κ2) is 7.10. The van der Waals surface area contributed by atoms with E-state index in [1.165, 1.54) is 17.5 Å². The van der Waals surface area contributed by atoms with Crippen molar-refractivity contribution >= 4 is 5.91 Å². The van der Waals surface area contributed by atoms with Gasteiger partial charge in [-0.2, -0.15) is 0 Å². The Balaban J connectivity index is 1.99. The molecule has 1 aliphatic rings. The quantitative estimate of drug-likeness (QED) is 0.780. The molecule has 4 nitrogen and oxygen atoms in total. The van der Waals surface area contributed by atoms with E-state index >= 15 is 0 Å². The Morgan fingerprint density at radius 1 is 1.55 bits per heavy atom. The van der Waals surface area contributed by atoms with Gasteiger partial charge in [0, 0.05) is 12.6 Å². The molecule has 0 saturated carbocycles. The second-order valence-corrected chi connectivity index (χ2v) is 4.98. The second-order valence-electron chi connectivity index (χ2n) is 4.98. The number of carbonyl (C=O) groups excluding carboxylic acids is 1. The van der Waals surface area contributed by atoms with Gasteiger partial charge in [0.05, 0.1) is 0 Å². The molecule has 108 valence electrons. The molecule has 1 aromatic rings. The fraction of sp³-hybridized carbons (Fsp3) is 0.438. The molecule has 1 aromatic carbocycles. The Kier molecular flexibility index (Phi) is 5.18. The number of hydrogen-bond donors (Lipinski definition) is 2. The van der Waals surface area contributed by atoms with E-state index in [0.717, 1.165) is 18.6 Å². The molecular formula is C16H22N2O2. The third-order valence-electron chi connectivity index (χ3n) is 3.59. The van der Waals surface area contributed by atoms with Crippen LogP contribution in [0.5, 0.6) is 5.75 Å². The first-order valence-corrected chi connectivity index (χ1v) is 7.05. The van der Waals surface area contributed by atoms with Crippen LogP contribution in [0, 0.1) is 0 Å². The molecular weight excluding hydrogens is 252 g/mol. The Bertz CT molecular complexity index is 485. The molecule has 1 aliphatic carbocycles. The summed E-state index contributed by atoms with van der Waals surface area (Å²) in [5, 5.41) is 6.02. The first kappa shape index (κ1) is 14.6. The van der Waals surface area contributed by atoms with Crippen LogP contribution >= 0.6 is 0 Å². The topological polar surface area (TPSA) is 50.4 Å². The van der Waals surface area contributed by atoms with Gasteiger partial charge < -0.3 is 15.4 Å². The number of benzene rings is 1. The third kappa shape index (κ3) is 3.61. The standard InChI is InChI=1S/C16H22N2O2/c1-3-9-18-16(19)11-20-13-8-7-12-5-4-6-15(17-2)14(12)10-13/h3,7-8,10,15,17H,1,4-6,9,11H2,2H3,(H,18,19). The highest BCUT2D eigenvalue weighted by Crippen LogP contribution is 2.32. The fourth-order valence-corrected chi connectivity index (χ4v) is 2.55. The molecule has 0 radical (unpaired) electrons. The number of aryl methyl sites for hydroxylation is 1. The molecule has 0 heterocycles. The summed E-state index contributed by atoms with van der Waals surface area (Å²) in [6.45, 7) is 4.06. The van der Waals surface area contributed by atoms with Gasteiger partial charge >= 0.3 is 0 Å². The first-order valence-electron chi connectivity index (χ1n) is 7.05. The maximum atomic E-state index is 11.5. The molecule has 0 aromatic heterocycles. The Morgan fingerprint density at radius 2 is 2.40 bits per heavy atom. The minimum Gasteiger partial charge on any atom is -0.484 e. The van der Waals surface area contributed by atoms with Gasteiger partial charge in [0.1, 0.15) is 5.75 Å². The van der Waals surface area contributed by atoms with E-state index in [9.17, 15) is 4.79 Å². The van der Waals surface area contributed by atoms with Crippen molar-refractivity contribution in [2.75, 3.05) is 20.2 Å². The SMILES string of the molecule is C=CCNC(=O)COc1ccc2c(c1)C(NC)CCC2. The van der Waals surface area contributed by atoms with E-state index in [1.54, 1.807) is 6.08 Å². The van der Waals surface area contributed by atoms with Crippen LogP contribution in [-0.4, -0.2) is 26.1 Å². The summed E-state index contributed by atoms with van der Waals surface area (Å²) in [5.41, 5.74) is 2.67. The van der Waals surface area contributed by atoms with E-state index < -0.39 is 0 Å². The summed E-state index contributed by atoms with van der Waals surface area (Å²) in [6.07, 6.45) is 5.12. The van der Waals surface area contributed by atoms with Gasteiger partial charge in [0.15, 0.2) is 6.61 Å². The van der Waals surface area contributed by atoms with Crippen LogP contribution in [0.2, 0.25) is 0 Å². The van der Waals surface area contributed by atoms with Gasteiger partial charge in [-0.1, -0.05) is 12.1 Å². The maximum absolute atomic E-state index is 11.5. The summed E-state index contributed by atoms with van der Waals surface area (Å²) in [4.78, 5) is 11.5. The first-order chi connectivity index (χ1) is 9.74. The van der Waals surface area contributed by atoms with Crippen molar-refractivity contribution in [2.24, 2.45) is 0 Å². The summed E-state index contributed by atoms with van der Waals surface area (Å²) in [7, 11) is 1.98. The zero-order valence-electron chi connectivity index (χ0n) is 11.9. The van der Waals surface area contributed by atoms with E-state index in [-0.39, 0.29) is 12.5 Å². The Morgan fingerprint density at radius 3 is 3.15 bits per heavy atom. The molecule has 1 amide bonds. The monoisotopic (exact) mass is 274 g/mol. The number of carbonyl (C=O) groups is 1. The molecule has 1 atom stereocenters. The van der Waals surface area contributed by atoms with Gasteiger partial charge in [-0.05, 0) is 49.6 Å². The van der Waals surface area contributed by atoms with Crippen LogP contribution in [0.1, 0.15) is 30.0 Å². The van der Waals surface area contributed by atoms with Crippen LogP contribution in [0.3, 0.4) is 0 Å². The fourth-order valence-electron chi connectivity index (χ4n) is 2.55. The Labute approximate surface area is 120 Å². The van der Waals surface area contributed by atoms with Crippen LogP contribution in [0.15, 0.2) is 30.9 Å². The summed E-state index contributed by atoms with van der Waals surface area (Å²) < 4.78 is 5.55. The van der Waals surface area contributed by atoms with Gasteiger partial charge in [-0.15, -0.1) is 6.58 Å². The molecule has 0 bridgehead atoms. The number of hydrogen-bond acceptors (Lipinski definition) is 3. The predicted molar refractivity (Wildman–Crippen MR) is 79.9 cm³/mol. The van der Waals surface area contributed by atoms with Crippen LogP contribution in [-0.2, 0) is 11.2 Å². The molecule has 4 heteroatoms. The van der Waals surface area contributed by atoms with E-state index in [1.807, 2.05) is 13.1 Å². The van der Waals surface area contributed by atoms with E-state index in [0.29, 0.717) is 12.6 Å². The highest BCUT2D eigenvalue weighted by atomic mass is 16.5. The minimum absolute atomic E-state index is 0.0385. The van der Waals surface area contributed by atoms with Crippen LogP contribution < -0.4 is 15.4 Å². The Hall–Kier alpha value is -1.81. The molecule has 2 rings (SSSR count). The summed E-state index contributed by atoms with van der Waals surface area (Å²) in [6, 6.07) is 6.49. The maximum Gasteiger partial charge on any atom is 0.258 e. The van der Waals surface area contributed by atoms with Crippen molar-refractivity contribution in [2.45, 2.75) is 25.3 Å². The molecule has 20 heavy (non-hydrogen) atoms. The summed E-state index contributed by atoms with van der Waals surface area (Å²) in [5.74, 6) is 0.618. The number of ether oxygens (including phenoxy) is 1. The number of amides is 1. The van der Waals surface area contributed by atoms with E-state index in [2.05, 4.69) is 29.3 Å². The molecule has 1 unspecified atom stereocenters. The van der Waals surface area contributed by atoms with Gasteiger partial charge in [-0.3, -0.25) is 4.79 Å². The molecule has 0 fully saturated rings. The summed E-state index contributed by atoms with van der Waals surface area (Å²) >= 11 is 0. The van der Waals surface area contributed by atoms with Gasteiger partial charge in [-0.25, -0.2) is 0 Å². The normalized spacial score (nSPS) is 17.1. The van der Waals surface area contributed by atoms with E-state index in [4.69, 9.17) is 4.74 Å². The molecule has 2 N–H and O–H groups in total. The highest BCUT2D eigenvalue weighted by Gasteiger charge is 2.19. The van der Waals surface area contributed by atoms with Crippen LogP contribution in [0.4, 0.5) is 0 Å². The zero-order valence-corrected chi connectivity index (χ0v) is 11.9. The smallest absolute Gasteiger partial charge is 0.258 e. The average molecular weight is 274 g/mol. The minimum atomic E-state index is -0.132. The largest absolute Gasteiger partial charge is 0.484 e. The number of fused-ring (bicyclic) bond motifs is 1. The lowest BCUT2D eigenvalue weighted by Crippen LogP contribution is -2.29. The highest BCUT2D eigenvalue weighted by molar-refractivity contribution is 5.77. The molecule has 0 saturated heterocycles. The van der Waals surface area contributed by atoms with Crippen molar-refractivity contribution < 1.29 is 9.53 Å². The van der Waals surface area contributed by atoms with Crippen molar-refractivity contribution in [1.82, 2.24) is 10.6 Å². The molecule has 0 spiro atoms. The number of nitrogens with one attached hydrogen (secondary N) is 2. The van der Waals surface area contributed by atoms with Crippen LogP contribution in [0.25, 0.3) is 0 Å². The lowest BCUT2D eigenvalue weighted by atomic mass is 9.87. The third-order valence-corrected chi connectivity index (χ3v) is 3.59. The molecule has 0 aliphatic heterocycles. The van der Waals surface area contributed by atoms with Crippen molar-refractivity contribution in [1.29, 1.82) is 0 Å². The van der Waals surface area contributed by atoms with Gasteiger partial charge in [0.25, 0.3) is 5.91 Å². The van der Waals surface area contributed by atoms with Crippen molar-refractivity contribution in [3.63, 3.8) is 0 Å². The van der Waals surface area contributed by atoms with Crippen molar-refractivity contribution in [3.8, 4) is 5.75 Å². The average Bonchev–Trinajstić information content (AvgIpc) is 2.50. The lowest BCUT2D eigenvalue weighted by Gasteiger charge is -2.25. The predicted octanol–water partition coefficient (Wildman–Crippen LogP) is 1.96. The van der Waals surface area contributed by atoms with Gasteiger partial charge in [0.2, 0.25) is 0 Å². The zero-order chi connectivity index (χ0) is 14.4.